The summed E-state index contributed by atoms with van der Waals surface area (Å²) in [5.74, 6) is 1.02. The zero-order chi connectivity index (χ0) is 25.5. The van der Waals surface area contributed by atoms with Crippen molar-refractivity contribution in [2.45, 2.75) is 59.5 Å². The van der Waals surface area contributed by atoms with Crippen molar-refractivity contribution in [3.63, 3.8) is 0 Å². The lowest BCUT2D eigenvalue weighted by Gasteiger charge is -2.21. The minimum Gasteiger partial charge on any atom is -0.496 e. The van der Waals surface area contributed by atoms with Gasteiger partial charge < -0.3 is 24.1 Å². The van der Waals surface area contributed by atoms with Gasteiger partial charge in [0.1, 0.15) is 23.7 Å². The van der Waals surface area contributed by atoms with E-state index in [1.54, 1.807) is 13.8 Å². The number of carbonyl (C=O) groups is 1. The van der Waals surface area contributed by atoms with Gasteiger partial charge in [0.25, 0.3) is 0 Å². The SMILES string of the molecule is CCOP(C)(=O)CCNC/C(C)=C/Cc1c(OC)c(C)c2c(c1OCC[Si](C)(C)C)C(=O)OC2. The average Bonchev–Trinajstić information content (AvgIpc) is 3.12. The van der Waals surface area contributed by atoms with Crippen molar-refractivity contribution in [2.24, 2.45) is 0 Å². The Morgan fingerprint density at radius 1 is 1.26 bits per heavy atom. The highest BCUT2D eigenvalue weighted by Gasteiger charge is 2.33. The summed E-state index contributed by atoms with van der Waals surface area (Å²) in [5, 5.41) is 3.34. The number of carbonyl (C=O) groups excluding carboxylic acids is 1. The quantitative estimate of drug-likeness (QED) is 0.117. The number of cyclic esters (lactones) is 1. The van der Waals surface area contributed by atoms with Gasteiger partial charge in [0.05, 0.1) is 20.3 Å². The monoisotopic (exact) mass is 511 g/mol. The molecule has 1 aromatic rings. The summed E-state index contributed by atoms with van der Waals surface area (Å²) < 4.78 is 35.0. The van der Waals surface area contributed by atoms with Crippen LogP contribution >= 0.6 is 7.37 Å². The molecule has 192 valence electrons. The van der Waals surface area contributed by atoms with E-state index in [4.69, 9.17) is 18.7 Å². The van der Waals surface area contributed by atoms with Crippen molar-refractivity contribution < 1.29 is 28.1 Å². The molecule has 0 radical (unpaired) electrons. The van der Waals surface area contributed by atoms with Crippen molar-refractivity contribution >= 4 is 21.4 Å². The second-order valence-electron chi connectivity index (χ2n) is 10.1. The number of hydrogen-bond donors (Lipinski definition) is 1. The molecule has 0 aromatic heterocycles. The maximum Gasteiger partial charge on any atom is 0.342 e. The molecule has 7 nitrogen and oxygen atoms in total. The minimum absolute atomic E-state index is 0.253. The van der Waals surface area contributed by atoms with Crippen LogP contribution in [0.1, 0.15) is 40.9 Å². The molecule has 1 aliphatic rings. The fourth-order valence-corrected chi connectivity index (χ4v) is 5.84. The first-order chi connectivity index (χ1) is 15.9. The molecule has 1 aromatic carbocycles. The molecular weight excluding hydrogens is 469 g/mol. The Bertz CT molecular complexity index is 954. The first-order valence-electron chi connectivity index (χ1n) is 12.0. The molecule has 0 aliphatic carbocycles. The third-order valence-electron chi connectivity index (χ3n) is 5.88. The Labute approximate surface area is 206 Å². The van der Waals surface area contributed by atoms with E-state index >= 15 is 0 Å². The van der Waals surface area contributed by atoms with Crippen LogP contribution in [0, 0.1) is 6.92 Å². The molecule has 9 heteroatoms. The second kappa shape index (κ2) is 12.4. The van der Waals surface area contributed by atoms with E-state index in [-0.39, 0.29) is 12.6 Å². The summed E-state index contributed by atoms with van der Waals surface area (Å²) in [6.07, 6.45) is 3.20. The van der Waals surface area contributed by atoms with Gasteiger partial charge >= 0.3 is 5.97 Å². The maximum atomic E-state index is 12.6. The summed E-state index contributed by atoms with van der Waals surface area (Å²) in [6.45, 7) is 17.0. The van der Waals surface area contributed by atoms with Crippen LogP contribution in [0.4, 0.5) is 0 Å². The summed E-state index contributed by atoms with van der Waals surface area (Å²) in [7, 11) is -2.18. The van der Waals surface area contributed by atoms with Gasteiger partial charge in [-0.25, -0.2) is 4.79 Å². The van der Waals surface area contributed by atoms with Crippen LogP contribution in [-0.2, 0) is 26.9 Å². The first kappa shape index (κ1) is 28.6. The fourth-order valence-electron chi connectivity index (χ4n) is 3.88. The lowest BCUT2D eigenvalue weighted by molar-refractivity contribution is 0.0532. The van der Waals surface area contributed by atoms with E-state index in [0.29, 0.717) is 50.2 Å². The smallest absolute Gasteiger partial charge is 0.342 e. The van der Waals surface area contributed by atoms with E-state index < -0.39 is 15.4 Å². The molecule has 34 heavy (non-hydrogen) atoms. The number of esters is 1. The van der Waals surface area contributed by atoms with Gasteiger partial charge in [-0.05, 0) is 38.8 Å². The lowest BCUT2D eigenvalue weighted by Crippen LogP contribution is -2.23. The Morgan fingerprint density at radius 2 is 1.97 bits per heavy atom. The molecule has 0 amide bonds. The van der Waals surface area contributed by atoms with Crippen LogP contribution in [0.15, 0.2) is 11.6 Å². The molecule has 0 saturated carbocycles. The topological polar surface area (TPSA) is 83.1 Å². The molecule has 1 N–H and O–H groups in total. The normalized spacial score (nSPS) is 15.6. The molecule has 1 heterocycles. The molecular formula is C25H42NO6PSi. The molecule has 0 spiro atoms. The minimum atomic E-state index is -2.53. The van der Waals surface area contributed by atoms with E-state index in [2.05, 4.69) is 31.0 Å². The van der Waals surface area contributed by atoms with Gasteiger partial charge in [-0.1, -0.05) is 31.3 Å². The van der Waals surface area contributed by atoms with Gasteiger partial charge in [-0.2, -0.15) is 0 Å². The third-order valence-corrected chi connectivity index (χ3v) is 9.42. The number of rotatable bonds is 14. The van der Waals surface area contributed by atoms with E-state index in [9.17, 15) is 9.36 Å². The van der Waals surface area contributed by atoms with Gasteiger partial charge in [-0.3, -0.25) is 4.57 Å². The molecule has 1 atom stereocenters. The predicted octanol–water partition coefficient (Wildman–Crippen LogP) is 5.41. The lowest BCUT2D eigenvalue weighted by atomic mass is 9.95. The van der Waals surface area contributed by atoms with Gasteiger partial charge in [0.2, 0.25) is 7.37 Å². The van der Waals surface area contributed by atoms with Gasteiger partial charge in [0, 0.05) is 45.1 Å². The molecule has 2 rings (SSSR count). The standard InChI is InChI=1S/C25H42NO6PSi/c1-9-32-33(5,28)14-12-26-16-18(2)10-11-20-23(29-4)19(3)21-17-31-25(27)22(21)24(20)30-13-15-34(6,7)8/h10,26H,9,11-17H2,1-8H3/b18-10+. The van der Waals surface area contributed by atoms with Crippen molar-refractivity contribution in [1.82, 2.24) is 5.32 Å². The van der Waals surface area contributed by atoms with Crippen LogP contribution < -0.4 is 14.8 Å². The zero-order valence-corrected chi connectivity index (χ0v) is 24.0. The van der Waals surface area contributed by atoms with Crippen molar-refractivity contribution in [3.05, 3.63) is 33.9 Å². The maximum absolute atomic E-state index is 12.6. The zero-order valence-electron chi connectivity index (χ0n) is 22.1. The van der Waals surface area contributed by atoms with Gasteiger partial charge in [-0.15, -0.1) is 0 Å². The number of hydrogen-bond acceptors (Lipinski definition) is 7. The van der Waals surface area contributed by atoms with Crippen LogP contribution in [0.5, 0.6) is 11.5 Å². The highest BCUT2D eigenvalue weighted by molar-refractivity contribution is 7.58. The van der Waals surface area contributed by atoms with Crippen molar-refractivity contribution in [2.75, 3.05) is 46.2 Å². The summed E-state index contributed by atoms with van der Waals surface area (Å²) >= 11 is 0. The predicted molar refractivity (Wildman–Crippen MR) is 141 cm³/mol. The number of ether oxygens (including phenoxy) is 3. The Morgan fingerprint density at radius 3 is 2.59 bits per heavy atom. The summed E-state index contributed by atoms with van der Waals surface area (Å²) in [6, 6.07) is 0.994. The average molecular weight is 512 g/mol. The summed E-state index contributed by atoms with van der Waals surface area (Å²) in [4.78, 5) is 12.6. The largest absolute Gasteiger partial charge is 0.496 e. The molecule has 1 unspecified atom stereocenters. The second-order valence-corrected chi connectivity index (χ2v) is 18.5. The number of allylic oxidation sites excluding steroid dienone is 1. The highest BCUT2D eigenvalue weighted by atomic mass is 31.2. The fraction of sp³-hybridized carbons (Fsp3) is 0.640. The van der Waals surface area contributed by atoms with Crippen LogP contribution in [0.2, 0.25) is 25.7 Å². The number of nitrogens with one attached hydrogen (secondary N) is 1. The summed E-state index contributed by atoms with van der Waals surface area (Å²) in [5.41, 5.74) is 4.34. The number of methoxy groups -OCH3 is 1. The van der Waals surface area contributed by atoms with Crippen molar-refractivity contribution in [3.8, 4) is 11.5 Å². The Balaban J connectivity index is 2.22. The number of fused-ring (bicyclic) bond motifs is 1. The Kier molecular flexibility index (Phi) is 10.4. The van der Waals surface area contributed by atoms with Crippen LogP contribution in [-0.4, -0.2) is 60.3 Å². The highest BCUT2D eigenvalue weighted by Crippen LogP contribution is 2.43. The van der Waals surface area contributed by atoms with Gasteiger partial charge in [0.15, 0.2) is 0 Å². The van der Waals surface area contributed by atoms with Crippen LogP contribution in [0.25, 0.3) is 0 Å². The number of benzene rings is 1. The molecule has 0 bridgehead atoms. The van der Waals surface area contributed by atoms with E-state index in [0.717, 1.165) is 34.1 Å². The molecule has 0 fully saturated rings. The van der Waals surface area contributed by atoms with E-state index in [1.165, 1.54) is 0 Å². The van der Waals surface area contributed by atoms with E-state index in [1.807, 2.05) is 20.8 Å². The third kappa shape index (κ3) is 7.97. The Hall–Kier alpha value is -1.60. The van der Waals surface area contributed by atoms with Crippen molar-refractivity contribution in [1.29, 1.82) is 0 Å². The molecule has 0 saturated heterocycles. The molecule has 1 aliphatic heterocycles. The first-order valence-corrected chi connectivity index (χ1v) is 18.0. The van der Waals surface area contributed by atoms with Crippen LogP contribution in [0.3, 0.4) is 0 Å².